The summed E-state index contributed by atoms with van der Waals surface area (Å²) in [4.78, 5) is 14.3. The molecule has 1 aliphatic heterocycles. The first-order valence-electron chi connectivity index (χ1n) is 11.2. The van der Waals surface area contributed by atoms with Crippen molar-refractivity contribution in [3.8, 4) is 28.4 Å². The minimum absolute atomic E-state index is 0.403. The molecule has 0 aliphatic carbocycles. The Labute approximate surface area is 205 Å². The monoisotopic (exact) mass is 517 g/mol. The summed E-state index contributed by atoms with van der Waals surface area (Å²) < 4.78 is 43.3. The van der Waals surface area contributed by atoms with Crippen LogP contribution in [0.25, 0.3) is 27.6 Å². The van der Waals surface area contributed by atoms with Gasteiger partial charge in [-0.15, -0.1) is 11.3 Å². The Morgan fingerprint density at radius 1 is 1.20 bits per heavy atom. The van der Waals surface area contributed by atoms with E-state index >= 15 is 0 Å². The second-order valence-corrected chi connectivity index (χ2v) is 10.8. The first kappa shape index (κ1) is 23.6. The van der Waals surface area contributed by atoms with Gasteiger partial charge < -0.3 is 10.4 Å². The zero-order valence-corrected chi connectivity index (χ0v) is 20.6. The number of hydrogen-bond acceptors (Lipinski definition) is 8. The maximum atomic E-state index is 13.6. The number of rotatable bonds is 8. The molecule has 4 heterocycles. The third-order valence-electron chi connectivity index (χ3n) is 5.85. The summed E-state index contributed by atoms with van der Waals surface area (Å²) >= 11 is 1.45. The van der Waals surface area contributed by atoms with Crippen LogP contribution in [0.2, 0.25) is 0 Å². The predicted molar refractivity (Wildman–Crippen MR) is 132 cm³/mol. The van der Waals surface area contributed by atoms with Crippen LogP contribution in [-0.2, 0) is 10.2 Å². The van der Waals surface area contributed by atoms with Gasteiger partial charge in [-0.3, -0.25) is 4.40 Å². The van der Waals surface area contributed by atoms with E-state index in [0.717, 1.165) is 4.96 Å². The number of aromatic hydroxyl groups is 1. The van der Waals surface area contributed by atoms with E-state index in [1.807, 2.05) is 22.9 Å². The van der Waals surface area contributed by atoms with Crippen molar-refractivity contribution in [2.75, 3.05) is 38.0 Å². The highest BCUT2D eigenvalue weighted by Crippen LogP contribution is 2.35. The van der Waals surface area contributed by atoms with Gasteiger partial charge in [0.25, 0.3) is 10.2 Å². The van der Waals surface area contributed by atoms with Crippen molar-refractivity contribution in [3.05, 3.63) is 47.9 Å². The fourth-order valence-corrected chi connectivity index (χ4v) is 6.44. The van der Waals surface area contributed by atoms with Crippen LogP contribution in [0.15, 0.2) is 42.0 Å². The number of hydrogen-bond donors (Lipinski definition) is 2. The highest BCUT2D eigenvalue weighted by atomic mass is 32.2. The molecule has 0 radical (unpaired) electrons. The molecule has 0 unspecified atom stereocenters. The van der Waals surface area contributed by atoms with Gasteiger partial charge in [0.15, 0.2) is 16.5 Å². The average Bonchev–Trinajstić information content (AvgIpc) is 3.51. The molecule has 0 bridgehead atoms. The number of likely N-dealkylation sites (N-methyl/N-ethyl adjacent to an activating group) is 1. The van der Waals surface area contributed by atoms with Gasteiger partial charge in [0, 0.05) is 56.1 Å². The fraction of sp³-hybridized carbons (Fsp3) is 0.318. The van der Waals surface area contributed by atoms with Gasteiger partial charge in [-0.25, -0.2) is 19.3 Å². The number of benzene rings is 1. The maximum Gasteiger partial charge on any atom is 0.282 e. The van der Waals surface area contributed by atoms with Gasteiger partial charge in [-0.2, -0.15) is 17.0 Å². The van der Waals surface area contributed by atoms with Gasteiger partial charge in [0.1, 0.15) is 5.69 Å². The van der Waals surface area contributed by atoms with Crippen LogP contribution in [0, 0.1) is 5.82 Å². The molecule has 1 aromatic carbocycles. The molecule has 4 aromatic rings. The topological polar surface area (TPSA) is 116 Å². The molecule has 0 atom stereocenters. The number of thiazole rings is 1. The van der Waals surface area contributed by atoms with E-state index in [0.29, 0.717) is 67.7 Å². The van der Waals surface area contributed by atoms with Crippen LogP contribution in [-0.4, -0.2) is 74.2 Å². The summed E-state index contributed by atoms with van der Waals surface area (Å²) in [5.74, 6) is -0.744. The maximum absolute atomic E-state index is 13.6. The molecular weight excluding hydrogens is 493 g/mol. The van der Waals surface area contributed by atoms with Crippen LogP contribution in [0.1, 0.15) is 13.3 Å². The number of nitrogens with one attached hydrogen (secondary N) is 1. The molecule has 1 aliphatic rings. The summed E-state index contributed by atoms with van der Waals surface area (Å²) in [5, 5.41) is 14.9. The molecular formula is C22H24FN7O3S2. The highest BCUT2D eigenvalue weighted by Gasteiger charge is 2.34. The number of phenols is 1. The van der Waals surface area contributed by atoms with E-state index in [4.69, 9.17) is 0 Å². The van der Waals surface area contributed by atoms with Crippen molar-refractivity contribution in [3.63, 3.8) is 0 Å². The summed E-state index contributed by atoms with van der Waals surface area (Å²) in [7, 11) is -3.35. The smallest absolute Gasteiger partial charge is 0.282 e. The van der Waals surface area contributed by atoms with Crippen molar-refractivity contribution in [2.45, 2.75) is 13.3 Å². The summed E-state index contributed by atoms with van der Waals surface area (Å²) in [5.41, 5.74) is 2.43. The first-order valence-corrected chi connectivity index (χ1v) is 13.4. The Hall–Kier alpha value is -3.13. The van der Waals surface area contributed by atoms with Crippen LogP contribution in [0.3, 0.4) is 0 Å². The third-order valence-corrected chi connectivity index (χ3v) is 8.72. The molecule has 3 aromatic heterocycles. The van der Waals surface area contributed by atoms with Crippen molar-refractivity contribution in [1.29, 1.82) is 0 Å². The lowest BCUT2D eigenvalue weighted by molar-refractivity contribution is 0.432. The molecule has 0 amide bonds. The van der Waals surface area contributed by atoms with E-state index in [9.17, 15) is 17.9 Å². The number of aromatic nitrogens is 4. The van der Waals surface area contributed by atoms with Crippen molar-refractivity contribution >= 4 is 32.5 Å². The van der Waals surface area contributed by atoms with Gasteiger partial charge in [-0.05, 0) is 30.7 Å². The lowest BCUT2D eigenvalue weighted by Crippen LogP contribution is -2.34. The molecule has 1 fully saturated rings. The van der Waals surface area contributed by atoms with Crippen LogP contribution >= 0.6 is 11.3 Å². The molecule has 2 N–H and O–H groups in total. The predicted octanol–water partition coefficient (Wildman–Crippen LogP) is 3.05. The number of anilines is 1. The molecule has 5 rings (SSSR count). The minimum Gasteiger partial charge on any atom is -0.505 e. The van der Waals surface area contributed by atoms with Gasteiger partial charge in [0.05, 0.1) is 11.4 Å². The van der Waals surface area contributed by atoms with E-state index < -0.39 is 21.8 Å². The molecule has 0 spiro atoms. The Morgan fingerprint density at radius 3 is 2.80 bits per heavy atom. The Morgan fingerprint density at radius 2 is 2.03 bits per heavy atom. The van der Waals surface area contributed by atoms with Crippen molar-refractivity contribution in [2.24, 2.45) is 0 Å². The molecule has 13 heteroatoms. The first-order chi connectivity index (χ1) is 16.9. The Kier molecular flexibility index (Phi) is 6.40. The second kappa shape index (κ2) is 9.49. The normalized spacial score (nSPS) is 16.3. The lowest BCUT2D eigenvalue weighted by Gasteiger charge is -2.17. The lowest BCUT2D eigenvalue weighted by atomic mass is 10.1. The van der Waals surface area contributed by atoms with Crippen LogP contribution in [0.5, 0.6) is 5.75 Å². The zero-order chi connectivity index (χ0) is 24.6. The number of fused-ring (bicyclic) bond motifs is 1. The molecule has 1 saturated heterocycles. The van der Waals surface area contributed by atoms with E-state index in [1.165, 1.54) is 32.1 Å². The average molecular weight is 518 g/mol. The molecule has 35 heavy (non-hydrogen) atoms. The second-order valence-electron chi connectivity index (χ2n) is 7.98. The summed E-state index contributed by atoms with van der Waals surface area (Å²) in [6, 6.07) is 5.87. The van der Waals surface area contributed by atoms with E-state index in [2.05, 4.69) is 20.3 Å². The van der Waals surface area contributed by atoms with Gasteiger partial charge in [-0.1, -0.05) is 6.92 Å². The standard InChI is InChI=1S/C22H24FN7O3S2/c1-2-28-10-11-29(35(28,32)33)9-3-7-24-21-25-8-6-17(26-21)20-19(27-22-30(20)12-13-34-22)15-4-5-16(23)18(31)14-15/h4-6,8,12-14,31H,2-3,7,9-11H2,1H3,(H,24,25,26). The Bertz CT molecular complexity index is 1470. The van der Waals surface area contributed by atoms with Gasteiger partial charge in [0.2, 0.25) is 5.95 Å². The largest absolute Gasteiger partial charge is 0.505 e. The number of imidazole rings is 1. The quantitative estimate of drug-likeness (QED) is 0.345. The highest BCUT2D eigenvalue weighted by molar-refractivity contribution is 7.87. The third kappa shape index (κ3) is 4.47. The van der Waals surface area contributed by atoms with Gasteiger partial charge >= 0.3 is 0 Å². The fourth-order valence-electron chi connectivity index (χ4n) is 4.09. The van der Waals surface area contributed by atoms with Crippen molar-refractivity contribution in [1.82, 2.24) is 28.0 Å². The van der Waals surface area contributed by atoms with Crippen LogP contribution in [0.4, 0.5) is 10.3 Å². The molecule has 0 saturated carbocycles. The number of halogens is 1. The van der Waals surface area contributed by atoms with Crippen molar-refractivity contribution < 1.29 is 17.9 Å². The summed E-state index contributed by atoms with van der Waals surface area (Å²) in [6.07, 6.45) is 4.11. The number of phenolic OH excluding ortho intramolecular Hbond substituents is 1. The molecule has 184 valence electrons. The van der Waals surface area contributed by atoms with E-state index in [1.54, 1.807) is 18.3 Å². The minimum atomic E-state index is -3.35. The van der Waals surface area contributed by atoms with E-state index in [-0.39, 0.29) is 0 Å². The SMILES string of the molecule is CCN1CCN(CCCNc2nccc(-c3c(-c4ccc(F)c(O)c4)nc4sccn34)n2)S1(=O)=O. The van der Waals surface area contributed by atoms with Crippen LogP contribution < -0.4 is 5.32 Å². The Balaban J connectivity index is 1.34. The number of nitrogens with zero attached hydrogens (tertiary/aromatic N) is 6. The zero-order valence-electron chi connectivity index (χ0n) is 18.9. The summed E-state index contributed by atoms with van der Waals surface area (Å²) in [6.45, 7) is 4.25. The molecule has 10 nitrogen and oxygen atoms in total.